The summed E-state index contributed by atoms with van der Waals surface area (Å²) in [4.78, 5) is 23.5. The Bertz CT molecular complexity index is 443. The van der Waals surface area contributed by atoms with Crippen LogP contribution in [-0.4, -0.2) is 29.8 Å². The average molecular weight is 221 g/mol. The molecule has 1 atom stereocenters. The topological polar surface area (TPSA) is 66.8 Å². The number of carbonyl (C=O) groups is 2. The molecule has 1 aliphatic heterocycles. The zero-order valence-electron chi connectivity index (χ0n) is 8.71. The summed E-state index contributed by atoms with van der Waals surface area (Å²) in [6, 6.07) is 7.27. The molecule has 1 fully saturated rings. The Morgan fingerprint density at radius 2 is 2.31 bits per heavy atom. The van der Waals surface area contributed by atoms with E-state index in [2.05, 4.69) is 0 Å². The maximum Gasteiger partial charge on any atom is 0.415 e. The van der Waals surface area contributed by atoms with E-state index < -0.39 is 18.2 Å². The van der Waals surface area contributed by atoms with Crippen LogP contribution in [0.5, 0.6) is 0 Å². The Balaban J connectivity index is 2.23. The fourth-order valence-electron chi connectivity index (χ4n) is 1.60. The SMILES string of the molecule is Cc1cccc(N2C[C@H](C(=O)O)OC2=O)c1. The number of cyclic esters (lactones) is 1. The van der Waals surface area contributed by atoms with Crippen LogP contribution in [0.2, 0.25) is 0 Å². The highest BCUT2D eigenvalue weighted by molar-refractivity contribution is 5.93. The van der Waals surface area contributed by atoms with E-state index >= 15 is 0 Å². The molecule has 84 valence electrons. The molecular formula is C11H11NO4. The summed E-state index contributed by atoms with van der Waals surface area (Å²) in [6.07, 6.45) is -1.69. The molecular weight excluding hydrogens is 210 g/mol. The molecule has 1 aromatic rings. The molecule has 1 N–H and O–H groups in total. The summed E-state index contributed by atoms with van der Waals surface area (Å²) in [7, 11) is 0. The second-order valence-electron chi connectivity index (χ2n) is 3.66. The van der Waals surface area contributed by atoms with Crippen molar-refractivity contribution < 1.29 is 19.4 Å². The van der Waals surface area contributed by atoms with Gasteiger partial charge in [-0.3, -0.25) is 4.90 Å². The van der Waals surface area contributed by atoms with Crippen LogP contribution in [0, 0.1) is 6.92 Å². The van der Waals surface area contributed by atoms with E-state index in [1.165, 1.54) is 4.90 Å². The third-order valence-corrected chi connectivity index (χ3v) is 2.40. The standard InChI is InChI=1S/C11H11NO4/c1-7-3-2-4-8(5-7)12-6-9(10(13)14)16-11(12)15/h2-5,9H,6H2,1H3,(H,13,14)/t9-/m1/s1. The van der Waals surface area contributed by atoms with Crippen molar-refractivity contribution in [1.29, 1.82) is 0 Å². The van der Waals surface area contributed by atoms with Crippen molar-refractivity contribution in [1.82, 2.24) is 0 Å². The fraction of sp³-hybridized carbons (Fsp3) is 0.273. The highest BCUT2D eigenvalue weighted by Crippen LogP contribution is 2.22. The van der Waals surface area contributed by atoms with E-state index in [0.29, 0.717) is 5.69 Å². The Morgan fingerprint density at radius 1 is 1.56 bits per heavy atom. The molecule has 0 aliphatic carbocycles. The maximum absolute atomic E-state index is 11.4. The summed E-state index contributed by atoms with van der Waals surface area (Å²) in [5, 5.41) is 8.75. The average Bonchev–Trinajstić information content (AvgIpc) is 2.60. The van der Waals surface area contributed by atoms with Crippen molar-refractivity contribution in [3.05, 3.63) is 29.8 Å². The highest BCUT2D eigenvalue weighted by atomic mass is 16.6. The number of amides is 1. The number of anilines is 1. The lowest BCUT2D eigenvalue weighted by molar-refractivity contribution is -0.144. The number of carboxylic acids is 1. The van der Waals surface area contributed by atoms with E-state index in [4.69, 9.17) is 9.84 Å². The Labute approximate surface area is 92.2 Å². The Hall–Kier alpha value is -2.04. The Kier molecular flexibility index (Phi) is 2.52. The molecule has 1 amide bonds. The molecule has 16 heavy (non-hydrogen) atoms. The molecule has 5 nitrogen and oxygen atoms in total. The summed E-state index contributed by atoms with van der Waals surface area (Å²) in [5.74, 6) is -1.12. The van der Waals surface area contributed by atoms with Gasteiger partial charge >= 0.3 is 12.1 Å². The van der Waals surface area contributed by atoms with Crippen LogP contribution >= 0.6 is 0 Å². The lowest BCUT2D eigenvalue weighted by Crippen LogP contribution is -2.27. The summed E-state index contributed by atoms with van der Waals surface area (Å²) in [5.41, 5.74) is 1.66. The Morgan fingerprint density at radius 3 is 2.88 bits per heavy atom. The molecule has 0 saturated carbocycles. The molecule has 0 radical (unpaired) electrons. The van der Waals surface area contributed by atoms with E-state index in [1.54, 1.807) is 6.07 Å². The number of aryl methyl sites for hydroxylation is 1. The molecule has 1 aromatic carbocycles. The number of carboxylic acid groups (broad SMARTS) is 1. The molecule has 1 heterocycles. The van der Waals surface area contributed by atoms with Crippen LogP contribution in [0.1, 0.15) is 5.56 Å². The van der Waals surface area contributed by atoms with Crippen LogP contribution in [0.3, 0.4) is 0 Å². The fourth-order valence-corrected chi connectivity index (χ4v) is 1.60. The number of rotatable bonds is 2. The number of ether oxygens (including phenoxy) is 1. The lowest BCUT2D eigenvalue weighted by Gasteiger charge is -2.12. The first-order chi connectivity index (χ1) is 7.58. The molecule has 0 aromatic heterocycles. The number of benzene rings is 1. The van der Waals surface area contributed by atoms with Gasteiger partial charge in [-0.1, -0.05) is 12.1 Å². The largest absolute Gasteiger partial charge is 0.478 e. The summed E-state index contributed by atoms with van der Waals surface area (Å²) < 4.78 is 4.72. The smallest absolute Gasteiger partial charge is 0.415 e. The molecule has 5 heteroatoms. The van der Waals surface area contributed by atoms with Gasteiger partial charge in [0.15, 0.2) is 0 Å². The molecule has 0 bridgehead atoms. The van der Waals surface area contributed by atoms with E-state index in [1.807, 2.05) is 25.1 Å². The minimum absolute atomic E-state index is 0.0532. The van der Waals surface area contributed by atoms with Gasteiger partial charge in [-0.2, -0.15) is 0 Å². The van der Waals surface area contributed by atoms with Crippen LogP contribution in [-0.2, 0) is 9.53 Å². The quantitative estimate of drug-likeness (QED) is 0.819. The summed E-state index contributed by atoms with van der Waals surface area (Å²) in [6.45, 7) is 1.96. The normalized spacial score (nSPS) is 19.7. The van der Waals surface area contributed by atoms with Gasteiger partial charge in [0.2, 0.25) is 6.10 Å². The maximum atomic E-state index is 11.4. The zero-order chi connectivity index (χ0) is 11.7. The van der Waals surface area contributed by atoms with Crippen LogP contribution in [0.4, 0.5) is 10.5 Å². The van der Waals surface area contributed by atoms with Crippen molar-refractivity contribution >= 4 is 17.7 Å². The van der Waals surface area contributed by atoms with Crippen LogP contribution < -0.4 is 4.90 Å². The third kappa shape index (κ3) is 1.84. The highest BCUT2D eigenvalue weighted by Gasteiger charge is 2.36. The van der Waals surface area contributed by atoms with Crippen molar-refractivity contribution in [3.8, 4) is 0 Å². The van der Waals surface area contributed by atoms with Crippen molar-refractivity contribution in [2.75, 3.05) is 11.4 Å². The second kappa shape index (κ2) is 3.84. The number of carbonyl (C=O) groups excluding carboxylic acids is 1. The molecule has 1 saturated heterocycles. The van der Waals surface area contributed by atoms with Crippen LogP contribution in [0.25, 0.3) is 0 Å². The minimum atomic E-state index is -1.12. The van der Waals surface area contributed by atoms with Gasteiger partial charge in [-0.15, -0.1) is 0 Å². The first-order valence-corrected chi connectivity index (χ1v) is 4.85. The lowest BCUT2D eigenvalue weighted by atomic mass is 10.2. The van der Waals surface area contributed by atoms with E-state index in [9.17, 15) is 9.59 Å². The third-order valence-electron chi connectivity index (χ3n) is 2.40. The van der Waals surface area contributed by atoms with Crippen LogP contribution in [0.15, 0.2) is 24.3 Å². The molecule has 0 spiro atoms. The van der Waals surface area contributed by atoms with Gasteiger partial charge in [-0.05, 0) is 24.6 Å². The van der Waals surface area contributed by atoms with E-state index in [-0.39, 0.29) is 6.54 Å². The van der Waals surface area contributed by atoms with Gasteiger partial charge in [0.1, 0.15) is 0 Å². The van der Waals surface area contributed by atoms with Gasteiger partial charge in [-0.25, -0.2) is 9.59 Å². The summed E-state index contributed by atoms with van der Waals surface area (Å²) >= 11 is 0. The second-order valence-corrected chi connectivity index (χ2v) is 3.66. The number of nitrogens with zero attached hydrogens (tertiary/aromatic N) is 1. The first-order valence-electron chi connectivity index (χ1n) is 4.85. The van der Waals surface area contributed by atoms with E-state index in [0.717, 1.165) is 5.56 Å². The van der Waals surface area contributed by atoms with Crippen molar-refractivity contribution in [2.24, 2.45) is 0 Å². The van der Waals surface area contributed by atoms with Gasteiger partial charge in [0.25, 0.3) is 0 Å². The number of hydrogen-bond donors (Lipinski definition) is 1. The van der Waals surface area contributed by atoms with Crippen molar-refractivity contribution in [3.63, 3.8) is 0 Å². The number of hydrogen-bond acceptors (Lipinski definition) is 3. The van der Waals surface area contributed by atoms with Gasteiger partial charge < -0.3 is 9.84 Å². The molecule has 2 rings (SSSR count). The van der Waals surface area contributed by atoms with Crippen molar-refractivity contribution in [2.45, 2.75) is 13.0 Å². The zero-order valence-corrected chi connectivity index (χ0v) is 8.71. The molecule has 1 aliphatic rings. The van der Waals surface area contributed by atoms with Gasteiger partial charge in [0.05, 0.1) is 6.54 Å². The molecule has 0 unspecified atom stereocenters. The predicted molar refractivity (Wildman–Crippen MR) is 56.4 cm³/mol. The predicted octanol–water partition coefficient (Wildman–Crippen LogP) is 1.40. The number of aliphatic carboxylic acids is 1. The monoisotopic (exact) mass is 221 g/mol. The minimum Gasteiger partial charge on any atom is -0.478 e. The van der Waals surface area contributed by atoms with Gasteiger partial charge in [0, 0.05) is 5.69 Å². The first kappa shape index (κ1) is 10.5.